The lowest BCUT2D eigenvalue weighted by molar-refractivity contribution is -0.137. The van der Waals surface area contributed by atoms with Crippen LogP contribution in [0.4, 0.5) is 30.6 Å². The van der Waals surface area contributed by atoms with Gasteiger partial charge in [-0.25, -0.2) is 15.0 Å². The van der Waals surface area contributed by atoms with Crippen LogP contribution in [0.2, 0.25) is 0 Å². The van der Waals surface area contributed by atoms with Crippen molar-refractivity contribution >= 4 is 17.5 Å². The Balaban J connectivity index is 1.65. The predicted octanol–water partition coefficient (Wildman–Crippen LogP) is 4.44. The van der Waals surface area contributed by atoms with E-state index in [-0.39, 0.29) is 5.82 Å². The van der Waals surface area contributed by atoms with Gasteiger partial charge in [0.25, 0.3) is 0 Å². The van der Waals surface area contributed by atoms with Crippen LogP contribution < -0.4 is 10.2 Å². The minimum atomic E-state index is -4.42. The second kappa shape index (κ2) is 8.50. The molecule has 2 aromatic heterocycles. The Morgan fingerprint density at radius 3 is 2.42 bits per heavy atom. The molecule has 0 saturated carbocycles. The lowest BCUT2D eigenvalue weighted by Gasteiger charge is -2.22. The summed E-state index contributed by atoms with van der Waals surface area (Å²) in [6.45, 7) is 1.71. The highest BCUT2D eigenvalue weighted by atomic mass is 19.4. The van der Waals surface area contributed by atoms with E-state index in [1.54, 1.807) is 0 Å². The first kappa shape index (κ1) is 21.0. The molecule has 1 atom stereocenters. The van der Waals surface area contributed by atoms with Gasteiger partial charge in [0.2, 0.25) is 0 Å². The SMILES string of the molecule is CN(C)[C@@H]1CCN(c2cc(Nc3ccc(C(F)(F)F)cn3)nc(-c3ccccc3)n2)C1. The van der Waals surface area contributed by atoms with Crippen LogP contribution in [0.3, 0.4) is 0 Å². The van der Waals surface area contributed by atoms with Crippen molar-refractivity contribution in [1.29, 1.82) is 0 Å². The molecule has 6 nitrogen and oxygen atoms in total. The highest BCUT2D eigenvalue weighted by Gasteiger charge is 2.30. The van der Waals surface area contributed by atoms with Crippen molar-refractivity contribution in [2.75, 3.05) is 37.4 Å². The molecule has 1 aliphatic heterocycles. The Kier molecular flexibility index (Phi) is 5.77. The number of halogens is 3. The Labute approximate surface area is 178 Å². The van der Waals surface area contributed by atoms with Crippen LogP contribution in [0.15, 0.2) is 54.7 Å². The Morgan fingerprint density at radius 2 is 1.81 bits per heavy atom. The zero-order valence-corrected chi connectivity index (χ0v) is 17.3. The number of hydrogen-bond donors (Lipinski definition) is 1. The summed E-state index contributed by atoms with van der Waals surface area (Å²) in [5.41, 5.74) is 0.0642. The molecule has 1 aromatic carbocycles. The van der Waals surface area contributed by atoms with E-state index in [0.29, 0.717) is 17.7 Å². The van der Waals surface area contributed by atoms with E-state index in [2.05, 4.69) is 39.2 Å². The van der Waals surface area contributed by atoms with Crippen molar-refractivity contribution in [3.63, 3.8) is 0 Å². The average Bonchev–Trinajstić information content (AvgIpc) is 3.25. The van der Waals surface area contributed by atoms with Crippen molar-refractivity contribution in [3.8, 4) is 11.4 Å². The van der Waals surface area contributed by atoms with Crippen LogP contribution in [0, 0.1) is 0 Å². The summed E-state index contributed by atoms with van der Waals surface area (Å²) in [4.78, 5) is 17.6. The lowest BCUT2D eigenvalue weighted by Crippen LogP contribution is -2.31. The molecule has 1 N–H and O–H groups in total. The number of anilines is 3. The normalized spacial score (nSPS) is 16.7. The van der Waals surface area contributed by atoms with E-state index in [0.717, 1.165) is 43.2 Å². The van der Waals surface area contributed by atoms with Crippen molar-refractivity contribution in [2.24, 2.45) is 0 Å². The summed E-state index contributed by atoms with van der Waals surface area (Å²) in [6, 6.07) is 14.1. The van der Waals surface area contributed by atoms with Gasteiger partial charge in [0.05, 0.1) is 5.56 Å². The van der Waals surface area contributed by atoms with E-state index in [4.69, 9.17) is 4.98 Å². The van der Waals surface area contributed by atoms with Gasteiger partial charge in [0.15, 0.2) is 5.82 Å². The zero-order chi connectivity index (χ0) is 22.0. The van der Waals surface area contributed by atoms with Crippen LogP contribution in [0.1, 0.15) is 12.0 Å². The molecule has 162 valence electrons. The maximum Gasteiger partial charge on any atom is 0.417 e. The second-order valence-corrected chi connectivity index (χ2v) is 7.71. The first-order valence-corrected chi connectivity index (χ1v) is 9.96. The van der Waals surface area contributed by atoms with E-state index in [1.165, 1.54) is 6.07 Å². The number of aromatic nitrogens is 3. The number of nitrogens with zero attached hydrogens (tertiary/aromatic N) is 5. The minimum absolute atomic E-state index is 0.282. The molecule has 0 amide bonds. The van der Waals surface area contributed by atoms with Gasteiger partial charge in [-0.2, -0.15) is 13.2 Å². The number of pyridine rings is 1. The number of hydrogen-bond acceptors (Lipinski definition) is 6. The molecule has 0 unspecified atom stereocenters. The minimum Gasteiger partial charge on any atom is -0.355 e. The first-order valence-electron chi connectivity index (χ1n) is 9.96. The van der Waals surface area contributed by atoms with Crippen LogP contribution in [0.5, 0.6) is 0 Å². The first-order chi connectivity index (χ1) is 14.8. The van der Waals surface area contributed by atoms with Crippen molar-refractivity contribution < 1.29 is 13.2 Å². The van der Waals surface area contributed by atoms with Gasteiger partial charge in [-0.3, -0.25) is 0 Å². The molecular formula is C22H23F3N6. The number of alkyl halides is 3. The maximum atomic E-state index is 12.8. The molecule has 31 heavy (non-hydrogen) atoms. The molecule has 3 aromatic rings. The fourth-order valence-electron chi connectivity index (χ4n) is 3.51. The van der Waals surface area contributed by atoms with Crippen LogP contribution in [0.25, 0.3) is 11.4 Å². The smallest absolute Gasteiger partial charge is 0.355 e. The fraction of sp³-hybridized carbons (Fsp3) is 0.318. The van der Waals surface area contributed by atoms with E-state index in [9.17, 15) is 13.2 Å². The van der Waals surface area contributed by atoms with Crippen LogP contribution in [-0.4, -0.2) is 53.1 Å². The summed E-state index contributed by atoms with van der Waals surface area (Å²) >= 11 is 0. The maximum absolute atomic E-state index is 12.8. The molecule has 4 rings (SSSR count). The Morgan fingerprint density at radius 1 is 1.03 bits per heavy atom. The molecule has 9 heteroatoms. The molecular weight excluding hydrogens is 405 g/mol. The number of rotatable bonds is 5. The van der Waals surface area contributed by atoms with Gasteiger partial charge in [0.1, 0.15) is 17.5 Å². The molecule has 0 aliphatic carbocycles. The Bertz CT molecular complexity index is 1020. The van der Waals surface area contributed by atoms with E-state index >= 15 is 0 Å². The molecule has 0 radical (unpaired) electrons. The molecule has 1 saturated heterocycles. The van der Waals surface area contributed by atoms with Crippen LogP contribution in [-0.2, 0) is 6.18 Å². The van der Waals surface area contributed by atoms with Gasteiger partial charge in [-0.15, -0.1) is 0 Å². The third kappa shape index (κ3) is 4.93. The molecule has 3 heterocycles. The molecule has 0 bridgehead atoms. The molecule has 0 spiro atoms. The van der Waals surface area contributed by atoms with Gasteiger partial charge in [-0.05, 0) is 32.6 Å². The van der Waals surface area contributed by atoms with Crippen molar-refractivity contribution in [1.82, 2.24) is 19.9 Å². The largest absolute Gasteiger partial charge is 0.417 e. The summed E-state index contributed by atoms with van der Waals surface area (Å²) in [5.74, 6) is 2.07. The van der Waals surface area contributed by atoms with Gasteiger partial charge in [0, 0.05) is 37.0 Å². The van der Waals surface area contributed by atoms with Gasteiger partial charge in [-0.1, -0.05) is 30.3 Å². The standard InChI is InChI=1S/C22H23F3N6/c1-30(2)17-10-11-31(14-17)20-12-19(28-21(29-20)15-6-4-3-5-7-15)27-18-9-8-16(13-26-18)22(23,24)25/h3-9,12-13,17H,10-11,14H2,1-2H3,(H,26,27,28,29)/t17-/m1/s1. The monoisotopic (exact) mass is 428 g/mol. The second-order valence-electron chi connectivity index (χ2n) is 7.71. The van der Waals surface area contributed by atoms with Crippen LogP contribution >= 0.6 is 0 Å². The highest BCUT2D eigenvalue weighted by molar-refractivity contribution is 5.64. The predicted molar refractivity (Wildman–Crippen MR) is 114 cm³/mol. The fourth-order valence-corrected chi connectivity index (χ4v) is 3.51. The zero-order valence-electron chi connectivity index (χ0n) is 17.3. The quantitative estimate of drug-likeness (QED) is 0.648. The average molecular weight is 428 g/mol. The van der Waals surface area contributed by atoms with Crippen molar-refractivity contribution in [3.05, 3.63) is 60.3 Å². The van der Waals surface area contributed by atoms with E-state index in [1.807, 2.05) is 36.4 Å². The third-order valence-electron chi connectivity index (χ3n) is 5.31. The summed E-state index contributed by atoms with van der Waals surface area (Å²) in [7, 11) is 4.12. The number of benzene rings is 1. The number of nitrogens with one attached hydrogen (secondary N) is 1. The van der Waals surface area contributed by atoms with Gasteiger partial charge < -0.3 is 15.1 Å². The van der Waals surface area contributed by atoms with Crippen molar-refractivity contribution in [2.45, 2.75) is 18.6 Å². The highest BCUT2D eigenvalue weighted by Crippen LogP contribution is 2.30. The molecule has 1 fully saturated rings. The van der Waals surface area contributed by atoms with Gasteiger partial charge >= 0.3 is 6.18 Å². The lowest BCUT2D eigenvalue weighted by atomic mass is 10.2. The third-order valence-corrected chi connectivity index (χ3v) is 5.31. The van der Waals surface area contributed by atoms with E-state index < -0.39 is 11.7 Å². The summed E-state index contributed by atoms with van der Waals surface area (Å²) in [6.07, 6.45) is -2.58. The summed E-state index contributed by atoms with van der Waals surface area (Å²) < 4.78 is 38.4. The Hall–Kier alpha value is -3.20. The number of likely N-dealkylation sites (N-methyl/N-ethyl adjacent to an activating group) is 1. The molecule has 1 aliphatic rings. The topological polar surface area (TPSA) is 57.2 Å². The summed E-state index contributed by atoms with van der Waals surface area (Å²) in [5, 5.41) is 3.02.